The van der Waals surface area contributed by atoms with Gasteiger partial charge in [0.25, 0.3) is 0 Å². The molecule has 2 N–H and O–H groups in total. The molecule has 2 saturated heterocycles. The fourth-order valence-electron chi connectivity index (χ4n) is 6.90. The van der Waals surface area contributed by atoms with Crippen molar-refractivity contribution in [2.24, 2.45) is 0 Å². The Labute approximate surface area is 286 Å². The summed E-state index contributed by atoms with van der Waals surface area (Å²) in [5, 5.41) is 18.9. The number of fused-ring (bicyclic) bond motifs is 2. The van der Waals surface area contributed by atoms with E-state index in [2.05, 4.69) is 22.0 Å². The largest absolute Gasteiger partial charge is 0.477 e. The van der Waals surface area contributed by atoms with E-state index in [1.165, 1.54) is 12.4 Å². The first-order chi connectivity index (χ1) is 24.0. The molecule has 14 heteroatoms. The molecule has 264 valence electrons. The maximum atomic E-state index is 15.2. The van der Waals surface area contributed by atoms with Crippen molar-refractivity contribution in [3.63, 3.8) is 0 Å². The summed E-state index contributed by atoms with van der Waals surface area (Å²) in [6.45, 7) is 11.3. The highest BCUT2D eigenvalue weighted by Gasteiger charge is 2.24. The molecule has 2 aliphatic rings. The van der Waals surface area contributed by atoms with E-state index >= 15 is 8.78 Å². The second kappa shape index (κ2) is 14.4. The Morgan fingerprint density at radius 3 is 1.32 bits per heavy atom. The van der Waals surface area contributed by atoms with Gasteiger partial charge in [-0.1, -0.05) is 12.2 Å². The van der Waals surface area contributed by atoms with Gasteiger partial charge in [0.1, 0.15) is 22.8 Å². The molecule has 2 fully saturated rings. The van der Waals surface area contributed by atoms with Crippen LogP contribution in [0.4, 0.5) is 20.2 Å². The molecule has 50 heavy (non-hydrogen) atoms. The monoisotopic (exact) mass is 690 g/mol. The Kier molecular flexibility index (Phi) is 10.0. The molecule has 6 rings (SSSR count). The van der Waals surface area contributed by atoms with E-state index in [9.17, 15) is 29.4 Å². The topological polar surface area (TPSA) is 132 Å². The van der Waals surface area contributed by atoms with E-state index < -0.39 is 34.4 Å². The zero-order valence-electron chi connectivity index (χ0n) is 28.1. The number of pyridine rings is 2. The lowest BCUT2D eigenvalue weighted by Crippen LogP contribution is -2.47. The third-order valence-electron chi connectivity index (χ3n) is 9.76. The van der Waals surface area contributed by atoms with Crippen molar-refractivity contribution in [1.29, 1.82) is 0 Å². The number of rotatable bonds is 10. The molecule has 0 aliphatic carbocycles. The highest BCUT2D eigenvalue weighted by atomic mass is 19.1. The van der Waals surface area contributed by atoms with Crippen molar-refractivity contribution in [2.45, 2.75) is 26.9 Å². The summed E-state index contributed by atoms with van der Waals surface area (Å²) in [5.41, 5.74) is -0.335. The lowest BCUT2D eigenvalue weighted by molar-refractivity contribution is 0.0684. The first kappa shape index (κ1) is 34.8. The Morgan fingerprint density at radius 1 is 0.640 bits per heavy atom. The van der Waals surface area contributed by atoms with Gasteiger partial charge in [-0.05, 0) is 38.1 Å². The Balaban J connectivity index is 1.02. The summed E-state index contributed by atoms with van der Waals surface area (Å²) in [5.74, 6) is -3.77. The minimum atomic E-state index is -1.34. The highest BCUT2D eigenvalue weighted by molar-refractivity contribution is 5.94. The summed E-state index contributed by atoms with van der Waals surface area (Å²) in [6, 6.07) is 5.60. The fourth-order valence-corrected chi connectivity index (χ4v) is 6.90. The van der Waals surface area contributed by atoms with E-state index in [0.717, 1.165) is 51.4 Å². The van der Waals surface area contributed by atoms with E-state index in [0.29, 0.717) is 61.7 Å². The van der Waals surface area contributed by atoms with Gasteiger partial charge in [-0.15, -0.1) is 0 Å². The predicted octanol–water partition coefficient (Wildman–Crippen LogP) is 3.53. The van der Waals surface area contributed by atoms with Crippen molar-refractivity contribution >= 4 is 45.1 Å². The van der Waals surface area contributed by atoms with Gasteiger partial charge in [0.2, 0.25) is 10.9 Å². The minimum Gasteiger partial charge on any atom is -0.477 e. The van der Waals surface area contributed by atoms with Crippen LogP contribution in [0.5, 0.6) is 0 Å². The molecular weight excluding hydrogens is 650 g/mol. The van der Waals surface area contributed by atoms with Gasteiger partial charge in [-0.2, -0.15) is 0 Å². The second-order valence-corrected chi connectivity index (χ2v) is 12.6. The van der Waals surface area contributed by atoms with Crippen LogP contribution in [-0.4, -0.2) is 107 Å². The summed E-state index contributed by atoms with van der Waals surface area (Å²) >= 11 is 0. The fraction of sp³-hybridized carbons (Fsp3) is 0.389. The van der Waals surface area contributed by atoms with Crippen LogP contribution < -0.4 is 20.7 Å². The van der Waals surface area contributed by atoms with Crippen LogP contribution in [0.3, 0.4) is 0 Å². The van der Waals surface area contributed by atoms with E-state index in [4.69, 9.17) is 0 Å². The normalized spacial score (nSPS) is 16.2. The number of nitrogens with zero attached hydrogens (tertiary/aromatic N) is 6. The molecule has 12 nitrogen and oxygen atoms in total. The number of benzene rings is 2. The van der Waals surface area contributed by atoms with Gasteiger partial charge in [0, 0.05) is 102 Å². The van der Waals surface area contributed by atoms with Crippen LogP contribution in [0, 0.1) is 11.6 Å². The van der Waals surface area contributed by atoms with Crippen LogP contribution in [0.1, 0.15) is 34.6 Å². The molecule has 2 aliphatic heterocycles. The molecule has 0 atom stereocenters. The average molecular weight is 691 g/mol. The second-order valence-electron chi connectivity index (χ2n) is 12.6. The molecule has 0 radical (unpaired) electrons. The molecule has 4 aromatic rings. The highest BCUT2D eigenvalue weighted by Crippen LogP contribution is 2.28. The number of hydrogen-bond acceptors (Lipinski definition) is 8. The van der Waals surface area contributed by atoms with Crippen molar-refractivity contribution in [1.82, 2.24) is 18.9 Å². The van der Waals surface area contributed by atoms with Crippen LogP contribution in [0.25, 0.3) is 21.8 Å². The number of hydrogen-bond donors (Lipinski definition) is 2. The number of piperazine rings is 2. The van der Waals surface area contributed by atoms with Crippen molar-refractivity contribution < 1.29 is 28.6 Å². The molecule has 2 aromatic carbocycles. The standard InChI is InChI=1S/C36H40F2N6O6/c1-3-41-21-25(35(47)48)33(45)23-17-27(37)31(19-29(23)41)43-13-9-39(10-14-43)7-5-6-8-40-11-15-44(16-12-40)32-20-30-24(18-28(32)38)34(46)26(36(49)50)22-42(30)4-2/h5-6,17-22H,3-4,7-16H2,1-2H3,(H,47,48)(H,49,50)/b6-5+. The molecule has 0 bridgehead atoms. The lowest BCUT2D eigenvalue weighted by Gasteiger charge is -2.36. The van der Waals surface area contributed by atoms with Crippen LogP contribution in [0.2, 0.25) is 0 Å². The summed E-state index contributed by atoms with van der Waals surface area (Å²) in [7, 11) is 0. The van der Waals surface area contributed by atoms with E-state index in [-0.39, 0.29) is 21.9 Å². The summed E-state index contributed by atoms with van der Waals surface area (Å²) < 4.78 is 33.8. The number of carbonyl (C=O) groups is 2. The van der Waals surface area contributed by atoms with Crippen molar-refractivity contribution in [3.8, 4) is 0 Å². The Bertz CT molecular complexity index is 1960. The molecule has 0 spiro atoms. The maximum Gasteiger partial charge on any atom is 0.341 e. The average Bonchev–Trinajstić information content (AvgIpc) is 3.11. The number of carboxylic acids is 2. The number of halogens is 2. The molecule has 0 unspecified atom stereocenters. The van der Waals surface area contributed by atoms with E-state index in [1.54, 1.807) is 21.3 Å². The summed E-state index contributed by atoms with van der Waals surface area (Å²) in [4.78, 5) is 56.9. The number of aryl methyl sites for hydroxylation is 2. The number of carboxylic acid groups (broad SMARTS) is 2. The predicted molar refractivity (Wildman–Crippen MR) is 188 cm³/mol. The third-order valence-corrected chi connectivity index (χ3v) is 9.76. The Hall–Kier alpha value is -5.08. The molecule has 4 heterocycles. The van der Waals surface area contributed by atoms with E-state index in [1.807, 2.05) is 23.6 Å². The zero-order valence-corrected chi connectivity index (χ0v) is 28.1. The molecule has 2 aromatic heterocycles. The van der Waals surface area contributed by atoms with Gasteiger partial charge in [0.05, 0.1) is 22.4 Å². The summed E-state index contributed by atoms with van der Waals surface area (Å²) in [6.07, 6.45) is 6.88. The first-order valence-corrected chi connectivity index (χ1v) is 16.8. The van der Waals surface area contributed by atoms with Crippen LogP contribution in [-0.2, 0) is 13.1 Å². The van der Waals surface area contributed by atoms with Gasteiger partial charge >= 0.3 is 11.9 Å². The quantitative estimate of drug-likeness (QED) is 0.239. The maximum absolute atomic E-state index is 15.2. The molecule has 0 saturated carbocycles. The van der Waals surface area contributed by atoms with Crippen LogP contribution >= 0.6 is 0 Å². The lowest BCUT2D eigenvalue weighted by atomic mass is 10.1. The minimum absolute atomic E-state index is 0.0558. The SMILES string of the molecule is CCn1cc(C(=O)O)c(=O)c2cc(F)c(N3CCN(C/C=C/CN4CCN(c5cc6c(cc5F)c(=O)c(C(=O)O)cn6CC)CC4)CC3)cc21. The van der Waals surface area contributed by atoms with Gasteiger partial charge in [-0.25, -0.2) is 18.4 Å². The van der Waals surface area contributed by atoms with Gasteiger partial charge in [0.15, 0.2) is 0 Å². The number of anilines is 2. The van der Waals surface area contributed by atoms with Crippen molar-refractivity contribution in [2.75, 3.05) is 75.2 Å². The van der Waals surface area contributed by atoms with Crippen molar-refractivity contribution in [3.05, 3.63) is 92.0 Å². The third kappa shape index (κ3) is 6.72. The smallest absolute Gasteiger partial charge is 0.341 e. The number of aromatic nitrogens is 2. The van der Waals surface area contributed by atoms with Crippen LogP contribution in [0.15, 0.2) is 58.4 Å². The zero-order chi connectivity index (χ0) is 35.7. The Morgan fingerprint density at radius 2 is 1.00 bits per heavy atom. The van der Waals surface area contributed by atoms with Gasteiger partial charge in [-0.3, -0.25) is 19.4 Å². The first-order valence-electron chi connectivity index (χ1n) is 16.8. The van der Waals surface area contributed by atoms with Gasteiger partial charge < -0.3 is 29.1 Å². The molecular formula is C36H40F2N6O6. The number of aromatic carboxylic acids is 2. The molecule has 0 amide bonds.